The molecule has 0 bridgehead atoms. The fraction of sp³-hybridized carbons (Fsp3) is 0.538. The number of halogens is 1. The van der Waals surface area contributed by atoms with Gasteiger partial charge in [-0.3, -0.25) is 4.39 Å². The maximum atomic E-state index is 12.8. The van der Waals surface area contributed by atoms with Crippen LogP contribution < -0.4 is 10.2 Å². The molecule has 0 saturated carbocycles. The highest BCUT2D eigenvalue weighted by Crippen LogP contribution is 2.29. The van der Waals surface area contributed by atoms with Crippen molar-refractivity contribution >= 4 is 5.69 Å². The average molecular weight is 222 g/mol. The third kappa shape index (κ3) is 2.19. The minimum Gasteiger partial charge on any atom is -0.378 e. The second-order valence-corrected chi connectivity index (χ2v) is 4.67. The minimum absolute atomic E-state index is 0.144. The smallest absolute Gasteiger partial charge is 0.0941 e. The third-order valence-electron chi connectivity index (χ3n) is 3.38. The summed E-state index contributed by atoms with van der Waals surface area (Å²) in [6, 6.07) is 8.44. The van der Waals surface area contributed by atoms with Crippen LogP contribution in [0.3, 0.4) is 0 Å². The van der Waals surface area contributed by atoms with E-state index in [4.69, 9.17) is 0 Å². The summed E-state index contributed by atoms with van der Waals surface area (Å²) in [4.78, 5) is 2.07. The van der Waals surface area contributed by atoms with Crippen LogP contribution in [0.5, 0.6) is 0 Å². The van der Waals surface area contributed by atoms with Crippen molar-refractivity contribution in [3.05, 3.63) is 29.8 Å². The predicted molar refractivity (Wildman–Crippen MR) is 65.8 cm³/mol. The SMILES string of the molecule is CN(C)c1ccc([C@@H]2CNC[C@H]2CF)cc1. The molecule has 1 N–H and O–H groups in total. The average Bonchev–Trinajstić information content (AvgIpc) is 2.77. The molecule has 0 aliphatic carbocycles. The van der Waals surface area contributed by atoms with Crippen LogP contribution in [0.4, 0.5) is 10.1 Å². The van der Waals surface area contributed by atoms with Gasteiger partial charge in [0.1, 0.15) is 0 Å². The molecule has 1 aliphatic rings. The van der Waals surface area contributed by atoms with Gasteiger partial charge < -0.3 is 10.2 Å². The van der Waals surface area contributed by atoms with E-state index in [0.29, 0.717) is 5.92 Å². The standard InChI is InChI=1S/C13H19FN2/c1-16(2)12-5-3-10(4-6-12)13-9-15-8-11(13)7-14/h3-6,11,13,15H,7-9H2,1-2H3/t11-,13+/m1/s1. The van der Waals surface area contributed by atoms with Gasteiger partial charge in [0.15, 0.2) is 0 Å². The van der Waals surface area contributed by atoms with Crippen molar-refractivity contribution < 1.29 is 4.39 Å². The van der Waals surface area contributed by atoms with E-state index in [-0.39, 0.29) is 12.6 Å². The number of benzene rings is 1. The van der Waals surface area contributed by atoms with Crippen LogP contribution in [0.1, 0.15) is 11.5 Å². The van der Waals surface area contributed by atoms with Gasteiger partial charge in [0.25, 0.3) is 0 Å². The van der Waals surface area contributed by atoms with E-state index in [1.807, 2.05) is 14.1 Å². The van der Waals surface area contributed by atoms with E-state index in [9.17, 15) is 4.39 Å². The second kappa shape index (κ2) is 4.83. The molecule has 0 amide bonds. The van der Waals surface area contributed by atoms with Crippen molar-refractivity contribution in [3.63, 3.8) is 0 Å². The summed E-state index contributed by atoms with van der Waals surface area (Å²) < 4.78 is 12.8. The van der Waals surface area contributed by atoms with Gasteiger partial charge in [0.2, 0.25) is 0 Å². The van der Waals surface area contributed by atoms with Gasteiger partial charge in [-0.25, -0.2) is 0 Å². The van der Waals surface area contributed by atoms with Gasteiger partial charge in [-0.05, 0) is 17.7 Å². The zero-order valence-electron chi connectivity index (χ0n) is 9.91. The molecule has 1 aliphatic heterocycles. The van der Waals surface area contributed by atoms with E-state index >= 15 is 0 Å². The molecule has 0 radical (unpaired) electrons. The Bertz CT molecular complexity index is 334. The van der Waals surface area contributed by atoms with Crippen molar-refractivity contribution in [1.29, 1.82) is 0 Å². The van der Waals surface area contributed by atoms with Gasteiger partial charge in [0, 0.05) is 44.7 Å². The van der Waals surface area contributed by atoms with E-state index in [2.05, 4.69) is 34.5 Å². The Morgan fingerprint density at radius 1 is 1.25 bits per heavy atom. The molecule has 1 saturated heterocycles. The van der Waals surface area contributed by atoms with E-state index < -0.39 is 0 Å². The molecule has 16 heavy (non-hydrogen) atoms. The minimum atomic E-state index is -0.229. The summed E-state index contributed by atoms with van der Waals surface area (Å²) in [7, 11) is 4.05. The highest BCUT2D eigenvalue weighted by molar-refractivity contribution is 5.46. The Hall–Kier alpha value is -1.09. The van der Waals surface area contributed by atoms with Gasteiger partial charge >= 0.3 is 0 Å². The molecule has 1 heterocycles. The highest BCUT2D eigenvalue weighted by Gasteiger charge is 2.28. The quantitative estimate of drug-likeness (QED) is 0.841. The lowest BCUT2D eigenvalue weighted by molar-refractivity contribution is 0.358. The number of hydrogen-bond donors (Lipinski definition) is 1. The van der Waals surface area contributed by atoms with Crippen molar-refractivity contribution in [2.75, 3.05) is 38.8 Å². The molecule has 0 unspecified atom stereocenters. The van der Waals surface area contributed by atoms with E-state index in [1.54, 1.807) is 0 Å². The highest BCUT2D eigenvalue weighted by atomic mass is 19.1. The summed E-state index contributed by atoms with van der Waals surface area (Å²) in [5, 5.41) is 3.26. The number of nitrogens with one attached hydrogen (secondary N) is 1. The zero-order valence-corrected chi connectivity index (χ0v) is 9.91. The summed E-state index contributed by atoms with van der Waals surface area (Å²) in [5.74, 6) is 0.478. The number of rotatable bonds is 3. The molecule has 88 valence electrons. The van der Waals surface area contributed by atoms with Gasteiger partial charge in [-0.2, -0.15) is 0 Å². The lowest BCUT2D eigenvalue weighted by Crippen LogP contribution is -2.13. The molecule has 0 aromatic heterocycles. The summed E-state index contributed by atoms with van der Waals surface area (Å²) >= 11 is 0. The molecular weight excluding hydrogens is 203 g/mol. The Kier molecular flexibility index (Phi) is 3.44. The van der Waals surface area contributed by atoms with Gasteiger partial charge in [-0.1, -0.05) is 12.1 Å². The molecule has 2 rings (SSSR count). The first-order valence-corrected chi connectivity index (χ1v) is 5.76. The van der Waals surface area contributed by atoms with Crippen molar-refractivity contribution in [2.45, 2.75) is 5.92 Å². The van der Waals surface area contributed by atoms with Crippen LogP contribution in [-0.4, -0.2) is 33.9 Å². The molecule has 0 spiro atoms. The predicted octanol–water partition coefficient (Wildman–Crippen LogP) is 2.03. The topological polar surface area (TPSA) is 15.3 Å². The van der Waals surface area contributed by atoms with Crippen LogP contribution in [0, 0.1) is 5.92 Å². The van der Waals surface area contributed by atoms with E-state index in [0.717, 1.165) is 13.1 Å². The largest absolute Gasteiger partial charge is 0.378 e. The first-order chi connectivity index (χ1) is 7.72. The lowest BCUT2D eigenvalue weighted by atomic mass is 9.90. The number of hydrogen-bond acceptors (Lipinski definition) is 2. The molecule has 1 aromatic carbocycles. The maximum absolute atomic E-state index is 12.8. The fourth-order valence-corrected chi connectivity index (χ4v) is 2.30. The van der Waals surface area contributed by atoms with Crippen LogP contribution in [0.15, 0.2) is 24.3 Å². The molecule has 1 fully saturated rings. The van der Waals surface area contributed by atoms with Crippen LogP contribution in [-0.2, 0) is 0 Å². The van der Waals surface area contributed by atoms with Crippen LogP contribution in [0.2, 0.25) is 0 Å². The van der Waals surface area contributed by atoms with Crippen molar-refractivity contribution in [1.82, 2.24) is 5.32 Å². The molecule has 3 heteroatoms. The van der Waals surface area contributed by atoms with Gasteiger partial charge in [-0.15, -0.1) is 0 Å². The number of nitrogens with zero attached hydrogens (tertiary/aromatic N) is 1. The summed E-state index contributed by atoms with van der Waals surface area (Å²) in [5.41, 5.74) is 2.43. The van der Waals surface area contributed by atoms with Crippen molar-refractivity contribution in [3.8, 4) is 0 Å². The third-order valence-corrected chi connectivity index (χ3v) is 3.38. The normalized spacial score (nSPS) is 24.7. The Balaban J connectivity index is 2.15. The van der Waals surface area contributed by atoms with Crippen molar-refractivity contribution in [2.24, 2.45) is 5.92 Å². The second-order valence-electron chi connectivity index (χ2n) is 4.67. The monoisotopic (exact) mass is 222 g/mol. The Morgan fingerprint density at radius 2 is 1.94 bits per heavy atom. The lowest BCUT2D eigenvalue weighted by Gasteiger charge is -2.18. The first-order valence-electron chi connectivity index (χ1n) is 5.76. The molecular formula is C13H19FN2. The van der Waals surface area contributed by atoms with Gasteiger partial charge in [0.05, 0.1) is 6.67 Å². The number of alkyl halides is 1. The maximum Gasteiger partial charge on any atom is 0.0941 e. The zero-order chi connectivity index (χ0) is 11.5. The van der Waals surface area contributed by atoms with Crippen LogP contribution in [0.25, 0.3) is 0 Å². The Labute approximate surface area is 96.5 Å². The molecule has 2 atom stereocenters. The van der Waals surface area contributed by atoms with E-state index in [1.165, 1.54) is 11.3 Å². The fourth-order valence-electron chi connectivity index (χ4n) is 2.30. The molecule has 2 nitrogen and oxygen atoms in total. The summed E-state index contributed by atoms with van der Waals surface area (Å²) in [6.45, 7) is 1.47. The summed E-state index contributed by atoms with van der Waals surface area (Å²) in [6.07, 6.45) is 0. The number of anilines is 1. The first kappa shape index (κ1) is 11.4. The van der Waals surface area contributed by atoms with Crippen LogP contribution >= 0.6 is 0 Å². The Morgan fingerprint density at radius 3 is 2.50 bits per heavy atom. The molecule has 1 aromatic rings.